The Bertz CT molecular complexity index is 8.00. The van der Waals surface area contributed by atoms with Crippen molar-refractivity contribution in [3.8, 4) is 0 Å². The van der Waals surface area contributed by atoms with Crippen LogP contribution in [0.2, 0.25) is 0 Å². The standard InChI is InChI=1S/Bi.Hf.O.Zr. The summed E-state index contributed by atoms with van der Waals surface area (Å²) in [4.78, 5) is 0. The summed E-state index contributed by atoms with van der Waals surface area (Å²) >= 11 is 0.194. The molecule has 0 spiro atoms. The van der Waals surface area contributed by atoms with E-state index in [0.29, 0.717) is 0 Å². The molecule has 0 aliphatic carbocycles. The summed E-state index contributed by atoms with van der Waals surface area (Å²) in [5, 5.41) is 0. The first-order valence-electron chi connectivity index (χ1n) is 0.183. The third-order valence-corrected chi connectivity index (χ3v) is 0. The largest absolute Gasteiger partial charge is 0 e. The van der Waals surface area contributed by atoms with Crippen molar-refractivity contribution in [2.75, 3.05) is 0 Å². The summed E-state index contributed by atoms with van der Waals surface area (Å²) in [5.41, 5.74) is 0. The molecule has 0 aromatic rings. The molecule has 0 bridgehead atoms. The van der Waals surface area contributed by atoms with E-state index in [0.717, 1.165) is 0 Å². The van der Waals surface area contributed by atoms with Crippen LogP contribution in [-0.2, 0) is 54.9 Å². The van der Waals surface area contributed by atoms with Gasteiger partial charge in [0, 0.05) is 52.0 Å². The molecule has 0 atom stereocenters. The zero-order chi connectivity index (χ0) is 2.00. The predicted molar refractivity (Wildman–Crippen MR) is 6.44 cm³/mol. The van der Waals surface area contributed by atoms with Gasteiger partial charge in [0.15, 0.2) is 0 Å². The molecule has 0 N–H and O–H groups in total. The summed E-state index contributed by atoms with van der Waals surface area (Å²) in [6, 6.07) is 0. The maximum absolute atomic E-state index is 8.36. The monoisotopic (exact) mass is 495 g/mol. The maximum Gasteiger partial charge on any atom is 0 e. The molecule has 0 unspecified atom stereocenters. The Morgan fingerprint density at radius 2 is 1.25 bits per heavy atom. The van der Waals surface area contributed by atoms with Gasteiger partial charge in [-0.3, -0.25) is 0 Å². The second kappa shape index (κ2) is 18.0. The van der Waals surface area contributed by atoms with Gasteiger partial charge in [-0.05, 0) is 0 Å². The van der Waals surface area contributed by atoms with E-state index in [1.807, 2.05) is 0 Å². The smallest absolute Gasteiger partial charge is 0 e. The fraction of sp³-hybridized carbons (Fsp3) is 0. The Morgan fingerprint density at radius 1 is 1.25 bits per heavy atom. The van der Waals surface area contributed by atoms with Crippen LogP contribution in [0, 0.1) is 0 Å². The molecule has 0 saturated heterocycles. The average molecular weight is 495 g/mol. The Morgan fingerprint density at radius 3 is 1.25 bits per heavy atom. The molecule has 19 valence electrons. The Balaban J connectivity index is -0.00000000500. The molecule has 0 aliphatic heterocycles. The third kappa shape index (κ3) is 8.83. The molecule has 0 amide bonds. The maximum atomic E-state index is 8.36. The number of hydrogen-bond donors (Lipinski definition) is 0. The first kappa shape index (κ1) is 16.1. The van der Waals surface area contributed by atoms with Crippen LogP contribution >= 0.6 is 0 Å². The minimum atomic E-state index is 0. The van der Waals surface area contributed by atoms with Gasteiger partial charge in [-0.1, -0.05) is 0 Å². The van der Waals surface area contributed by atoms with Gasteiger partial charge in [0.2, 0.25) is 0 Å². The molecule has 0 saturated carbocycles. The Hall–Kier alpha value is 2.44. The zero-order valence-electron chi connectivity index (χ0n) is 1.86. The van der Waals surface area contributed by atoms with E-state index in [-0.39, 0.29) is 76.8 Å². The topological polar surface area (TPSA) is 17.1 Å². The minimum absolute atomic E-state index is 0. The van der Waals surface area contributed by atoms with Gasteiger partial charge in [-0.25, -0.2) is 0 Å². The van der Waals surface area contributed by atoms with Crippen LogP contribution in [0.5, 0.6) is 0 Å². The Kier molecular flexibility index (Phi) is 72.6. The summed E-state index contributed by atoms with van der Waals surface area (Å²) in [6.07, 6.45) is 0. The number of hydrogen-bond acceptors (Lipinski definition) is 1. The van der Waals surface area contributed by atoms with Crippen molar-refractivity contribution in [1.29, 1.82) is 0 Å². The van der Waals surface area contributed by atoms with Gasteiger partial charge < -0.3 is 0 Å². The van der Waals surface area contributed by atoms with E-state index >= 15 is 0 Å². The summed E-state index contributed by atoms with van der Waals surface area (Å²) in [6.45, 7) is 0. The molecule has 1 radical (unpaired) electrons. The van der Waals surface area contributed by atoms with Crippen molar-refractivity contribution in [3.63, 3.8) is 0 Å². The van der Waals surface area contributed by atoms with E-state index in [4.69, 9.17) is 2.81 Å². The van der Waals surface area contributed by atoms with Crippen molar-refractivity contribution in [1.82, 2.24) is 0 Å². The summed E-state index contributed by atoms with van der Waals surface area (Å²) < 4.78 is 8.36. The van der Waals surface area contributed by atoms with Crippen LogP contribution in [0.4, 0.5) is 0 Å². The molecule has 0 aromatic heterocycles. The molecule has 0 aromatic carbocycles. The van der Waals surface area contributed by atoms with Crippen molar-refractivity contribution in [2.24, 2.45) is 0 Å². The van der Waals surface area contributed by atoms with Crippen LogP contribution in [0.3, 0.4) is 0 Å². The summed E-state index contributed by atoms with van der Waals surface area (Å²) in [7, 11) is 0. The SMILES string of the molecule is [Hf].[O]=[Bi].[Zr]. The normalized spacial score (nSPS) is 1.00. The second-order valence-corrected chi connectivity index (χ2v) is 0. The molecule has 4 heteroatoms. The fourth-order valence-corrected chi connectivity index (χ4v) is 0. The molecule has 0 fully saturated rings. The molecule has 1 nitrogen and oxygen atoms in total. The molecule has 4 heavy (non-hydrogen) atoms. The van der Waals surface area contributed by atoms with Gasteiger partial charge >= 0.3 is 27.5 Å². The minimum Gasteiger partial charge on any atom is 0 e. The molecule has 0 aliphatic rings. The fourth-order valence-electron chi connectivity index (χ4n) is 0. The van der Waals surface area contributed by atoms with Gasteiger partial charge in [-0.2, -0.15) is 0 Å². The number of rotatable bonds is 0. The van der Waals surface area contributed by atoms with E-state index < -0.39 is 0 Å². The van der Waals surface area contributed by atoms with Gasteiger partial charge in [-0.15, -0.1) is 0 Å². The van der Waals surface area contributed by atoms with E-state index in [9.17, 15) is 0 Å². The quantitative estimate of drug-likeness (QED) is 0.415. The molecular formula is BiHfOZr. The Labute approximate surface area is 78.1 Å². The van der Waals surface area contributed by atoms with E-state index in [2.05, 4.69) is 0 Å². The van der Waals surface area contributed by atoms with Crippen molar-refractivity contribution < 1.29 is 54.9 Å². The van der Waals surface area contributed by atoms with E-state index in [1.165, 1.54) is 0 Å². The molecular weight excluding hydrogens is 495 g/mol. The van der Waals surface area contributed by atoms with Crippen LogP contribution in [0.15, 0.2) is 0 Å². The van der Waals surface area contributed by atoms with Crippen molar-refractivity contribution in [3.05, 3.63) is 0 Å². The first-order chi connectivity index (χ1) is 1.00. The molecule has 0 rings (SSSR count). The van der Waals surface area contributed by atoms with Gasteiger partial charge in [0.1, 0.15) is 0 Å². The van der Waals surface area contributed by atoms with E-state index in [1.54, 1.807) is 0 Å². The predicted octanol–water partition coefficient (Wildman–Crippen LogP) is -0.505. The second-order valence-electron chi connectivity index (χ2n) is 0. The first-order valence-corrected chi connectivity index (χ1v) is 1.60. The van der Waals surface area contributed by atoms with Crippen LogP contribution in [-0.4, -0.2) is 24.7 Å². The van der Waals surface area contributed by atoms with Crippen LogP contribution < -0.4 is 0 Å². The van der Waals surface area contributed by atoms with Gasteiger partial charge in [0.25, 0.3) is 0 Å². The van der Waals surface area contributed by atoms with Crippen molar-refractivity contribution >= 4 is 24.7 Å². The van der Waals surface area contributed by atoms with Gasteiger partial charge in [0.05, 0.1) is 0 Å². The average Bonchev–Trinajstić information content (AvgIpc) is 1.00. The molecule has 0 heterocycles. The van der Waals surface area contributed by atoms with Crippen LogP contribution in [0.25, 0.3) is 0 Å². The zero-order valence-corrected chi connectivity index (χ0v) is 11.4. The third-order valence-electron chi connectivity index (χ3n) is 0. The van der Waals surface area contributed by atoms with Crippen molar-refractivity contribution in [2.45, 2.75) is 0 Å². The van der Waals surface area contributed by atoms with Crippen LogP contribution in [0.1, 0.15) is 0 Å². The summed E-state index contributed by atoms with van der Waals surface area (Å²) in [5.74, 6) is 0.